The number of halogens is 2. The molecule has 1 aromatic carbocycles. The van der Waals surface area contributed by atoms with Gasteiger partial charge in [-0.1, -0.05) is 23.2 Å². The van der Waals surface area contributed by atoms with Crippen LogP contribution in [0.4, 0.5) is 5.95 Å². The zero-order chi connectivity index (χ0) is 13.3. The number of hydrogen-bond acceptors (Lipinski definition) is 2. The molecule has 1 aromatic heterocycles. The molecule has 1 N–H and O–H groups in total. The fourth-order valence-electron chi connectivity index (χ4n) is 1.69. The van der Waals surface area contributed by atoms with E-state index in [0.29, 0.717) is 16.1 Å². The van der Waals surface area contributed by atoms with E-state index in [1.165, 1.54) is 0 Å². The van der Waals surface area contributed by atoms with Crippen molar-refractivity contribution in [2.45, 2.75) is 26.8 Å². The number of rotatable bonds is 3. The van der Waals surface area contributed by atoms with Crippen LogP contribution in [0.1, 0.15) is 19.5 Å². The van der Waals surface area contributed by atoms with Crippen LogP contribution >= 0.6 is 23.2 Å². The monoisotopic (exact) mass is 283 g/mol. The van der Waals surface area contributed by atoms with Crippen LogP contribution in [0.2, 0.25) is 10.0 Å². The molecule has 5 heteroatoms. The molecule has 0 unspecified atom stereocenters. The van der Waals surface area contributed by atoms with Gasteiger partial charge in [-0.2, -0.15) is 0 Å². The predicted molar refractivity (Wildman–Crippen MR) is 77.1 cm³/mol. The fraction of sp³-hybridized carbons (Fsp3) is 0.308. The number of hydrogen-bond donors (Lipinski definition) is 1. The highest BCUT2D eigenvalue weighted by Crippen LogP contribution is 2.26. The molecular weight excluding hydrogens is 269 g/mol. The van der Waals surface area contributed by atoms with Gasteiger partial charge < -0.3 is 5.32 Å². The van der Waals surface area contributed by atoms with Gasteiger partial charge in [0.15, 0.2) is 0 Å². The van der Waals surface area contributed by atoms with Crippen LogP contribution in [0.3, 0.4) is 0 Å². The van der Waals surface area contributed by atoms with Crippen molar-refractivity contribution in [2.24, 2.45) is 0 Å². The van der Waals surface area contributed by atoms with E-state index in [-0.39, 0.29) is 0 Å². The Labute approximate surface area is 117 Å². The average molecular weight is 284 g/mol. The lowest BCUT2D eigenvalue weighted by atomic mass is 10.3. The molecule has 0 bridgehead atoms. The highest BCUT2D eigenvalue weighted by atomic mass is 35.5. The lowest BCUT2D eigenvalue weighted by Crippen LogP contribution is -2.13. The van der Waals surface area contributed by atoms with Gasteiger partial charge in [-0.05, 0) is 39.0 Å². The first-order valence-corrected chi connectivity index (χ1v) is 6.51. The van der Waals surface area contributed by atoms with Crippen molar-refractivity contribution in [3.8, 4) is 5.69 Å². The van der Waals surface area contributed by atoms with Crippen LogP contribution in [0.15, 0.2) is 24.4 Å². The van der Waals surface area contributed by atoms with Crippen LogP contribution < -0.4 is 5.32 Å². The molecule has 2 aromatic rings. The van der Waals surface area contributed by atoms with Gasteiger partial charge in [0.1, 0.15) is 0 Å². The van der Waals surface area contributed by atoms with Gasteiger partial charge in [0, 0.05) is 12.2 Å². The average Bonchev–Trinajstić information content (AvgIpc) is 2.62. The quantitative estimate of drug-likeness (QED) is 0.910. The van der Waals surface area contributed by atoms with Crippen molar-refractivity contribution in [1.29, 1.82) is 0 Å². The zero-order valence-electron chi connectivity index (χ0n) is 10.5. The summed E-state index contributed by atoms with van der Waals surface area (Å²) in [4.78, 5) is 4.46. The smallest absolute Gasteiger partial charge is 0.207 e. The molecule has 2 rings (SSSR count). The Morgan fingerprint density at radius 2 is 1.94 bits per heavy atom. The van der Waals surface area contributed by atoms with Gasteiger partial charge in [0.2, 0.25) is 5.95 Å². The maximum atomic E-state index is 6.04. The fourth-order valence-corrected chi connectivity index (χ4v) is 1.98. The minimum absolute atomic E-state index is 0.313. The van der Waals surface area contributed by atoms with Crippen LogP contribution in [-0.4, -0.2) is 15.6 Å². The van der Waals surface area contributed by atoms with Crippen LogP contribution in [0, 0.1) is 6.92 Å². The molecule has 18 heavy (non-hydrogen) atoms. The summed E-state index contributed by atoms with van der Waals surface area (Å²) in [6, 6.07) is 5.85. The van der Waals surface area contributed by atoms with Crippen molar-refractivity contribution in [3.63, 3.8) is 0 Å². The lowest BCUT2D eigenvalue weighted by molar-refractivity contribution is 0.864. The van der Waals surface area contributed by atoms with Gasteiger partial charge in [-0.3, -0.25) is 4.57 Å². The first kappa shape index (κ1) is 13.2. The van der Waals surface area contributed by atoms with E-state index in [0.717, 1.165) is 17.3 Å². The Morgan fingerprint density at radius 3 is 2.56 bits per heavy atom. The number of benzene rings is 1. The Morgan fingerprint density at radius 1 is 1.22 bits per heavy atom. The number of aromatic nitrogens is 2. The Hall–Kier alpha value is -1.19. The molecule has 0 aliphatic carbocycles. The summed E-state index contributed by atoms with van der Waals surface area (Å²) in [6.45, 7) is 6.10. The van der Waals surface area contributed by atoms with Crippen molar-refractivity contribution in [3.05, 3.63) is 40.1 Å². The third-order valence-electron chi connectivity index (χ3n) is 2.43. The van der Waals surface area contributed by atoms with E-state index >= 15 is 0 Å². The SMILES string of the molecule is Cc1cn(-c2ccc(Cl)c(Cl)c2)c(NC(C)C)n1. The van der Waals surface area contributed by atoms with Crippen LogP contribution in [0.25, 0.3) is 5.69 Å². The second-order valence-corrected chi connectivity index (χ2v) is 5.29. The van der Waals surface area contributed by atoms with Gasteiger partial charge in [0.05, 0.1) is 21.4 Å². The van der Waals surface area contributed by atoms with E-state index in [4.69, 9.17) is 23.2 Å². The molecule has 96 valence electrons. The Bertz CT molecular complexity index is 561. The lowest BCUT2D eigenvalue weighted by Gasteiger charge is -2.12. The molecule has 0 aliphatic heterocycles. The van der Waals surface area contributed by atoms with Gasteiger partial charge in [0.25, 0.3) is 0 Å². The number of nitrogens with zero attached hydrogens (tertiary/aromatic N) is 2. The van der Waals surface area contributed by atoms with E-state index < -0.39 is 0 Å². The standard InChI is InChI=1S/C13H15Cl2N3/c1-8(2)16-13-17-9(3)7-18(13)10-4-5-11(14)12(15)6-10/h4-8H,1-3H3,(H,16,17). The zero-order valence-corrected chi connectivity index (χ0v) is 12.0. The highest BCUT2D eigenvalue weighted by molar-refractivity contribution is 6.42. The third kappa shape index (κ3) is 2.79. The Balaban J connectivity index is 2.45. The summed E-state index contributed by atoms with van der Waals surface area (Å²) < 4.78 is 1.97. The number of aryl methyl sites for hydroxylation is 1. The minimum Gasteiger partial charge on any atom is -0.353 e. The first-order chi connectivity index (χ1) is 8.47. The van der Waals surface area contributed by atoms with E-state index in [1.54, 1.807) is 6.07 Å². The summed E-state index contributed by atoms with van der Waals surface area (Å²) in [6.07, 6.45) is 1.96. The topological polar surface area (TPSA) is 29.9 Å². The second kappa shape index (κ2) is 5.21. The van der Waals surface area contributed by atoms with Crippen LogP contribution in [0.5, 0.6) is 0 Å². The second-order valence-electron chi connectivity index (χ2n) is 4.47. The molecule has 3 nitrogen and oxygen atoms in total. The van der Waals surface area contributed by atoms with Gasteiger partial charge >= 0.3 is 0 Å². The predicted octanol–water partition coefficient (Wildman–Crippen LogP) is 4.31. The number of nitrogens with one attached hydrogen (secondary N) is 1. The van der Waals surface area contributed by atoms with E-state index in [1.807, 2.05) is 29.8 Å². The maximum Gasteiger partial charge on any atom is 0.207 e. The third-order valence-corrected chi connectivity index (χ3v) is 3.16. The number of imidazole rings is 1. The van der Waals surface area contributed by atoms with Gasteiger partial charge in [-0.25, -0.2) is 4.98 Å². The molecule has 0 spiro atoms. The van der Waals surface area contributed by atoms with E-state index in [2.05, 4.69) is 24.1 Å². The molecule has 0 saturated carbocycles. The van der Waals surface area contributed by atoms with E-state index in [9.17, 15) is 0 Å². The van der Waals surface area contributed by atoms with Crippen LogP contribution in [-0.2, 0) is 0 Å². The summed E-state index contributed by atoms with van der Waals surface area (Å²) in [5.74, 6) is 0.806. The molecule has 0 fully saturated rings. The molecule has 1 heterocycles. The van der Waals surface area contributed by atoms with Crippen molar-refractivity contribution < 1.29 is 0 Å². The van der Waals surface area contributed by atoms with Crippen molar-refractivity contribution >= 4 is 29.2 Å². The normalized spacial score (nSPS) is 11.0. The first-order valence-electron chi connectivity index (χ1n) is 5.75. The number of anilines is 1. The summed E-state index contributed by atoms with van der Waals surface area (Å²) in [5, 5.41) is 4.39. The molecule has 0 radical (unpaired) electrons. The van der Waals surface area contributed by atoms with Gasteiger partial charge in [-0.15, -0.1) is 0 Å². The largest absolute Gasteiger partial charge is 0.353 e. The minimum atomic E-state index is 0.313. The molecular formula is C13H15Cl2N3. The maximum absolute atomic E-state index is 6.04. The van der Waals surface area contributed by atoms with Crippen molar-refractivity contribution in [2.75, 3.05) is 5.32 Å². The summed E-state index contributed by atoms with van der Waals surface area (Å²) >= 11 is 12.0. The summed E-state index contributed by atoms with van der Waals surface area (Å²) in [5.41, 5.74) is 1.89. The molecule has 0 atom stereocenters. The summed E-state index contributed by atoms with van der Waals surface area (Å²) in [7, 11) is 0. The van der Waals surface area contributed by atoms with Crippen molar-refractivity contribution in [1.82, 2.24) is 9.55 Å². The molecule has 0 amide bonds. The molecule has 0 saturated heterocycles. The Kier molecular flexibility index (Phi) is 3.83. The highest BCUT2D eigenvalue weighted by Gasteiger charge is 2.09. The molecule has 0 aliphatic rings.